The van der Waals surface area contributed by atoms with Gasteiger partial charge in [-0.15, -0.1) is 0 Å². The van der Waals surface area contributed by atoms with E-state index in [9.17, 15) is 9.59 Å². The molecule has 2 saturated carbocycles. The number of nitrogens with one attached hydrogen (secondary N) is 1. The molecule has 0 unspecified atom stereocenters. The minimum atomic E-state index is -0.316. The second kappa shape index (κ2) is 4.21. The van der Waals surface area contributed by atoms with Gasteiger partial charge in [-0.25, -0.2) is 0 Å². The quantitative estimate of drug-likeness (QED) is 0.686. The van der Waals surface area contributed by atoms with Crippen LogP contribution in [0, 0.1) is 11.8 Å². The van der Waals surface area contributed by atoms with Crippen molar-refractivity contribution in [2.75, 3.05) is 6.54 Å². The van der Waals surface area contributed by atoms with Crippen LogP contribution >= 0.6 is 0 Å². The maximum absolute atomic E-state index is 11.3. The Morgan fingerprint density at radius 2 is 2.00 bits per heavy atom. The number of rotatable bonds is 5. The van der Waals surface area contributed by atoms with E-state index in [1.807, 2.05) is 6.92 Å². The van der Waals surface area contributed by atoms with E-state index in [1.165, 1.54) is 0 Å². The maximum atomic E-state index is 11.3. The molecule has 0 radical (unpaired) electrons. The molecule has 15 heavy (non-hydrogen) atoms. The summed E-state index contributed by atoms with van der Waals surface area (Å²) in [6, 6.07) is 0. The van der Waals surface area contributed by atoms with E-state index < -0.39 is 0 Å². The van der Waals surface area contributed by atoms with Gasteiger partial charge < -0.3 is 10.1 Å². The molecule has 0 aromatic heterocycles. The van der Waals surface area contributed by atoms with Gasteiger partial charge >= 0.3 is 5.97 Å². The lowest BCUT2D eigenvalue weighted by Crippen LogP contribution is -2.33. The SMILES string of the molecule is C[C@@H](OC(=O)CNC(=O)C1CC1)C1CC1. The number of hydrogen-bond donors (Lipinski definition) is 1. The Morgan fingerprint density at radius 1 is 1.33 bits per heavy atom. The monoisotopic (exact) mass is 211 g/mol. The maximum Gasteiger partial charge on any atom is 0.325 e. The molecule has 0 aromatic carbocycles. The molecule has 2 aliphatic rings. The molecule has 0 spiro atoms. The molecule has 1 amide bonds. The molecule has 4 heteroatoms. The summed E-state index contributed by atoms with van der Waals surface area (Å²) >= 11 is 0. The minimum absolute atomic E-state index is 0.00831. The van der Waals surface area contributed by atoms with E-state index in [-0.39, 0.29) is 30.4 Å². The topological polar surface area (TPSA) is 55.4 Å². The zero-order valence-corrected chi connectivity index (χ0v) is 8.99. The van der Waals surface area contributed by atoms with Gasteiger partial charge in [-0.1, -0.05) is 0 Å². The lowest BCUT2D eigenvalue weighted by Gasteiger charge is -2.12. The van der Waals surface area contributed by atoms with Crippen LogP contribution < -0.4 is 5.32 Å². The first-order chi connectivity index (χ1) is 7.16. The van der Waals surface area contributed by atoms with Crippen molar-refractivity contribution in [3.8, 4) is 0 Å². The number of hydrogen-bond acceptors (Lipinski definition) is 3. The number of carbonyl (C=O) groups excluding carboxylic acids is 2. The van der Waals surface area contributed by atoms with Crippen molar-refractivity contribution < 1.29 is 14.3 Å². The molecule has 0 aromatic rings. The van der Waals surface area contributed by atoms with E-state index in [0.717, 1.165) is 25.7 Å². The third-order valence-electron chi connectivity index (χ3n) is 2.96. The van der Waals surface area contributed by atoms with Crippen LogP contribution in [0.25, 0.3) is 0 Å². The van der Waals surface area contributed by atoms with Crippen molar-refractivity contribution in [1.29, 1.82) is 0 Å². The molecule has 4 nitrogen and oxygen atoms in total. The molecule has 2 aliphatic carbocycles. The number of carbonyl (C=O) groups is 2. The second-order valence-corrected chi connectivity index (χ2v) is 4.52. The van der Waals surface area contributed by atoms with Crippen LogP contribution in [0.15, 0.2) is 0 Å². The predicted molar refractivity (Wildman–Crippen MR) is 54.0 cm³/mol. The highest BCUT2D eigenvalue weighted by Gasteiger charge is 2.32. The van der Waals surface area contributed by atoms with E-state index in [0.29, 0.717) is 5.92 Å². The van der Waals surface area contributed by atoms with Crippen LogP contribution in [0.5, 0.6) is 0 Å². The van der Waals surface area contributed by atoms with Crippen LogP contribution in [-0.4, -0.2) is 24.5 Å². The van der Waals surface area contributed by atoms with Crippen molar-refractivity contribution in [2.24, 2.45) is 11.8 Å². The first-order valence-electron chi connectivity index (χ1n) is 5.64. The Kier molecular flexibility index (Phi) is 2.93. The smallest absolute Gasteiger partial charge is 0.325 e. The summed E-state index contributed by atoms with van der Waals surface area (Å²) < 4.78 is 5.17. The van der Waals surface area contributed by atoms with Crippen LogP contribution in [0.3, 0.4) is 0 Å². The largest absolute Gasteiger partial charge is 0.461 e. The molecule has 0 bridgehead atoms. The molecule has 1 N–H and O–H groups in total. The fraction of sp³-hybridized carbons (Fsp3) is 0.818. The number of amides is 1. The van der Waals surface area contributed by atoms with Crippen molar-refractivity contribution >= 4 is 11.9 Å². The van der Waals surface area contributed by atoms with Crippen molar-refractivity contribution in [3.05, 3.63) is 0 Å². The summed E-state index contributed by atoms with van der Waals surface area (Å²) in [5, 5.41) is 2.60. The third-order valence-corrected chi connectivity index (χ3v) is 2.96. The fourth-order valence-electron chi connectivity index (χ4n) is 1.56. The highest BCUT2D eigenvalue weighted by atomic mass is 16.5. The molecule has 2 rings (SSSR count). The summed E-state index contributed by atoms with van der Waals surface area (Å²) in [6.07, 6.45) is 4.24. The van der Waals surface area contributed by atoms with E-state index >= 15 is 0 Å². The van der Waals surface area contributed by atoms with E-state index in [1.54, 1.807) is 0 Å². The van der Waals surface area contributed by atoms with Crippen molar-refractivity contribution in [2.45, 2.75) is 38.7 Å². The summed E-state index contributed by atoms with van der Waals surface area (Å²) in [5.41, 5.74) is 0. The van der Waals surface area contributed by atoms with Gasteiger partial charge in [-0.05, 0) is 38.5 Å². The Hall–Kier alpha value is -1.06. The molecule has 1 atom stereocenters. The van der Waals surface area contributed by atoms with Crippen LogP contribution in [0.4, 0.5) is 0 Å². The minimum Gasteiger partial charge on any atom is -0.461 e. The van der Waals surface area contributed by atoms with Crippen LogP contribution in [0.1, 0.15) is 32.6 Å². The summed E-state index contributed by atoms with van der Waals surface area (Å²) in [4.78, 5) is 22.5. The zero-order chi connectivity index (χ0) is 10.8. The predicted octanol–water partition coefficient (Wildman–Crippen LogP) is 0.854. The average molecular weight is 211 g/mol. The van der Waals surface area contributed by atoms with Crippen molar-refractivity contribution in [3.63, 3.8) is 0 Å². The summed E-state index contributed by atoms with van der Waals surface area (Å²) in [6.45, 7) is 1.94. The van der Waals surface area contributed by atoms with Gasteiger partial charge in [0.2, 0.25) is 5.91 Å². The van der Waals surface area contributed by atoms with Crippen LogP contribution in [0.2, 0.25) is 0 Å². The van der Waals surface area contributed by atoms with Gasteiger partial charge in [-0.3, -0.25) is 9.59 Å². The first-order valence-corrected chi connectivity index (χ1v) is 5.64. The number of ether oxygens (including phenoxy) is 1. The van der Waals surface area contributed by atoms with Gasteiger partial charge in [-0.2, -0.15) is 0 Å². The van der Waals surface area contributed by atoms with Gasteiger partial charge in [0.05, 0.1) is 0 Å². The molecule has 84 valence electrons. The molecule has 0 aliphatic heterocycles. The first kappa shape index (κ1) is 10.5. The Bertz CT molecular complexity index is 269. The lowest BCUT2D eigenvalue weighted by molar-refractivity contribution is -0.149. The van der Waals surface area contributed by atoms with Crippen LogP contribution in [-0.2, 0) is 14.3 Å². The fourth-order valence-corrected chi connectivity index (χ4v) is 1.56. The summed E-state index contributed by atoms with van der Waals surface area (Å²) in [7, 11) is 0. The molecule has 0 saturated heterocycles. The normalized spacial score (nSPS) is 21.9. The summed E-state index contributed by atoms with van der Waals surface area (Å²) in [5.74, 6) is 0.376. The van der Waals surface area contributed by atoms with Gasteiger partial charge in [0.1, 0.15) is 12.6 Å². The van der Waals surface area contributed by atoms with Crippen molar-refractivity contribution in [1.82, 2.24) is 5.32 Å². The molecule has 2 fully saturated rings. The van der Waals surface area contributed by atoms with Gasteiger partial charge in [0.25, 0.3) is 0 Å². The second-order valence-electron chi connectivity index (χ2n) is 4.52. The molecular formula is C11H17NO3. The van der Waals surface area contributed by atoms with Gasteiger partial charge in [0, 0.05) is 5.92 Å². The highest BCUT2D eigenvalue weighted by molar-refractivity contribution is 5.84. The zero-order valence-electron chi connectivity index (χ0n) is 8.99. The molecular weight excluding hydrogens is 194 g/mol. The third kappa shape index (κ3) is 3.22. The van der Waals surface area contributed by atoms with E-state index in [2.05, 4.69) is 5.32 Å². The standard InChI is InChI=1S/C11H17NO3/c1-7(8-2-3-8)15-10(13)6-12-11(14)9-4-5-9/h7-9H,2-6H2,1H3,(H,12,14)/t7-/m1/s1. The van der Waals surface area contributed by atoms with Gasteiger partial charge in [0.15, 0.2) is 0 Å². The van der Waals surface area contributed by atoms with E-state index in [4.69, 9.17) is 4.74 Å². The molecule has 0 heterocycles. The Morgan fingerprint density at radius 3 is 2.53 bits per heavy atom. The Balaban J connectivity index is 1.60. The number of esters is 1. The average Bonchev–Trinajstić information content (AvgIpc) is 3.06. The lowest BCUT2D eigenvalue weighted by atomic mass is 10.3. The Labute approximate surface area is 89.4 Å². The highest BCUT2D eigenvalue weighted by Crippen LogP contribution is 2.34.